The van der Waals surface area contributed by atoms with Gasteiger partial charge in [-0.1, -0.05) is 18.5 Å². The van der Waals surface area contributed by atoms with E-state index in [0.29, 0.717) is 5.92 Å². The van der Waals surface area contributed by atoms with Crippen LogP contribution in [0.3, 0.4) is 0 Å². The average molecular weight is 299 g/mol. The first-order valence-corrected chi connectivity index (χ1v) is 7.20. The Hall–Kier alpha value is -0.730. The van der Waals surface area contributed by atoms with Crippen LogP contribution in [0.1, 0.15) is 42.4 Å². The first-order valence-electron chi connectivity index (χ1n) is 6.82. The first-order chi connectivity index (χ1) is 8.74. The van der Waals surface area contributed by atoms with Gasteiger partial charge in [-0.3, -0.25) is 4.99 Å². The normalized spacial score (nSPS) is 21.2. The Morgan fingerprint density at radius 1 is 1.42 bits per heavy atom. The van der Waals surface area contributed by atoms with Crippen molar-refractivity contribution in [1.82, 2.24) is 5.32 Å². The molecule has 1 unspecified atom stereocenters. The number of aliphatic imine (C=N–C) groups is 1. The largest absolute Gasteiger partial charge is 0.372 e. The molecule has 3 rings (SSSR count). The van der Waals surface area contributed by atoms with Crippen molar-refractivity contribution in [3.63, 3.8) is 0 Å². The molecule has 1 aliphatic carbocycles. The molecule has 1 aromatic rings. The molecule has 1 atom stereocenters. The van der Waals surface area contributed by atoms with Crippen molar-refractivity contribution < 1.29 is 0 Å². The van der Waals surface area contributed by atoms with Gasteiger partial charge in [-0.15, -0.1) is 12.4 Å². The van der Waals surface area contributed by atoms with Gasteiger partial charge in [0.25, 0.3) is 0 Å². The van der Waals surface area contributed by atoms with E-state index in [-0.39, 0.29) is 12.4 Å². The number of hydrogen-bond acceptors (Lipinski definition) is 2. The van der Waals surface area contributed by atoms with Crippen LogP contribution in [0.25, 0.3) is 0 Å². The lowest BCUT2D eigenvalue weighted by Crippen LogP contribution is -2.22. The summed E-state index contributed by atoms with van der Waals surface area (Å²) in [6, 6.07) is 4.29. The molecule has 104 valence electrons. The standard InChI is InChI=1S/C15H19ClN2.ClH/c1-10-3-2-4-13-11(7-12(16)9-14(10)13)8-15-17-5-6-18-15;/h7,9-10H,2-6,8H2,1H3,(H,17,18);1H. The molecule has 0 saturated heterocycles. The van der Waals surface area contributed by atoms with Gasteiger partial charge in [0.05, 0.1) is 6.54 Å². The summed E-state index contributed by atoms with van der Waals surface area (Å²) >= 11 is 6.27. The van der Waals surface area contributed by atoms with Crippen LogP contribution in [-0.4, -0.2) is 18.9 Å². The highest BCUT2D eigenvalue weighted by atomic mass is 35.5. The van der Waals surface area contributed by atoms with Gasteiger partial charge >= 0.3 is 0 Å². The Labute approximate surface area is 126 Å². The van der Waals surface area contributed by atoms with Gasteiger partial charge < -0.3 is 5.32 Å². The summed E-state index contributed by atoms with van der Waals surface area (Å²) in [5.41, 5.74) is 4.36. The zero-order chi connectivity index (χ0) is 12.5. The molecule has 2 nitrogen and oxygen atoms in total. The number of hydrogen-bond donors (Lipinski definition) is 1. The maximum absolute atomic E-state index is 6.27. The lowest BCUT2D eigenvalue weighted by atomic mass is 9.81. The summed E-state index contributed by atoms with van der Waals surface area (Å²) in [4.78, 5) is 4.49. The Kier molecular flexibility index (Phi) is 4.75. The van der Waals surface area contributed by atoms with Crippen LogP contribution in [0.2, 0.25) is 5.02 Å². The first kappa shape index (κ1) is 14.7. The van der Waals surface area contributed by atoms with Crippen LogP contribution in [-0.2, 0) is 12.8 Å². The second-order valence-corrected chi connectivity index (χ2v) is 5.79. The van der Waals surface area contributed by atoms with Crippen LogP contribution in [0.15, 0.2) is 17.1 Å². The SMILES string of the molecule is CC1CCCc2c(CC3=NCCN3)cc(Cl)cc21.Cl. The molecule has 0 saturated carbocycles. The molecule has 0 radical (unpaired) electrons. The highest BCUT2D eigenvalue weighted by Crippen LogP contribution is 2.35. The van der Waals surface area contributed by atoms with Crippen LogP contribution in [0.5, 0.6) is 0 Å². The van der Waals surface area contributed by atoms with E-state index < -0.39 is 0 Å². The van der Waals surface area contributed by atoms with E-state index in [9.17, 15) is 0 Å². The monoisotopic (exact) mass is 298 g/mol. The van der Waals surface area contributed by atoms with Gasteiger partial charge in [-0.05, 0) is 54.0 Å². The van der Waals surface area contributed by atoms with Crippen LogP contribution < -0.4 is 5.32 Å². The fourth-order valence-corrected chi connectivity index (χ4v) is 3.35. The smallest absolute Gasteiger partial charge is 0.101 e. The molecule has 0 aromatic heterocycles. The van der Waals surface area contributed by atoms with E-state index in [0.717, 1.165) is 30.4 Å². The van der Waals surface area contributed by atoms with Gasteiger partial charge in [0, 0.05) is 18.0 Å². The van der Waals surface area contributed by atoms with Gasteiger partial charge in [0.15, 0.2) is 0 Å². The number of halogens is 2. The van der Waals surface area contributed by atoms with Gasteiger partial charge in [-0.2, -0.15) is 0 Å². The fourth-order valence-electron chi connectivity index (χ4n) is 3.10. The molecule has 2 aliphatic rings. The topological polar surface area (TPSA) is 24.4 Å². The number of fused-ring (bicyclic) bond motifs is 1. The minimum absolute atomic E-state index is 0. The minimum atomic E-state index is 0. The van der Waals surface area contributed by atoms with E-state index in [1.54, 1.807) is 0 Å². The quantitative estimate of drug-likeness (QED) is 0.884. The molecule has 1 aromatic carbocycles. The summed E-state index contributed by atoms with van der Waals surface area (Å²) in [5.74, 6) is 1.77. The minimum Gasteiger partial charge on any atom is -0.372 e. The summed E-state index contributed by atoms with van der Waals surface area (Å²) in [6.45, 7) is 4.20. The van der Waals surface area contributed by atoms with Crippen molar-refractivity contribution >= 4 is 29.8 Å². The van der Waals surface area contributed by atoms with Gasteiger partial charge in [-0.25, -0.2) is 0 Å². The number of rotatable bonds is 2. The summed E-state index contributed by atoms with van der Waals surface area (Å²) in [6.07, 6.45) is 4.68. The maximum Gasteiger partial charge on any atom is 0.101 e. The van der Waals surface area contributed by atoms with E-state index in [2.05, 4.69) is 29.4 Å². The second kappa shape index (κ2) is 6.15. The van der Waals surface area contributed by atoms with E-state index in [4.69, 9.17) is 11.6 Å². The maximum atomic E-state index is 6.27. The molecule has 0 bridgehead atoms. The molecular weight excluding hydrogens is 279 g/mol. The molecule has 4 heteroatoms. The second-order valence-electron chi connectivity index (χ2n) is 5.36. The van der Waals surface area contributed by atoms with Crippen LogP contribution in [0, 0.1) is 0 Å². The summed E-state index contributed by atoms with van der Waals surface area (Å²) < 4.78 is 0. The van der Waals surface area contributed by atoms with Gasteiger partial charge in [0.1, 0.15) is 5.84 Å². The molecule has 1 N–H and O–H groups in total. The highest BCUT2D eigenvalue weighted by Gasteiger charge is 2.21. The highest BCUT2D eigenvalue weighted by molar-refractivity contribution is 6.30. The van der Waals surface area contributed by atoms with Crippen molar-refractivity contribution in [2.45, 2.75) is 38.5 Å². The predicted molar refractivity (Wildman–Crippen MR) is 84.1 cm³/mol. The summed E-state index contributed by atoms with van der Waals surface area (Å²) in [5, 5.41) is 4.22. The van der Waals surface area contributed by atoms with Crippen molar-refractivity contribution in [1.29, 1.82) is 0 Å². The zero-order valence-electron chi connectivity index (χ0n) is 11.2. The molecule has 0 amide bonds. The Morgan fingerprint density at radius 3 is 3.00 bits per heavy atom. The van der Waals surface area contributed by atoms with Crippen LogP contribution in [0.4, 0.5) is 0 Å². The fraction of sp³-hybridized carbons (Fsp3) is 0.533. The number of amidine groups is 1. The van der Waals surface area contributed by atoms with Crippen molar-refractivity contribution in [3.05, 3.63) is 33.8 Å². The molecule has 1 aliphatic heterocycles. The van der Waals surface area contributed by atoms with Crippen molar-refractivity contribution in [2.24, 2.45) is 4.99 Å². The third kappa shape index (κ3) is 3.06. The summed E-state index contributed by atoms with van der Waals surface area (Å²) in [7, 11) is 0. The molecule has 0 fully saturated rings. The Balaban J connectivity index is 0.00000133. The lowest BCUT2D eigenvalue weighted by Gasteiger charge is -2.25. The van der Waals surface area contributed by atoms with E-state index in [1.807, 2.05) is 0 Å². The average Bonchev–Trinajstić information content (AvgIpc) is 2.83. The Morgan fingerprint density at radius 2 is 2.26 bits per heavy atom. The third-order valence-electron chi connectivity index (χ3n) is 4.04. The number of nitrogens with one attached hydrogen (secondary N) is 1. The Bertz CT molecular complexity index is 497. The third-order valence-corrected chi connectivity index (χ3v) is 4.26. The number of nitrogens with zero attached hydrogens (tertiary/aromatic N) is 1. The zero-order valence-corrected chi connectivity index (χ0v) is 12.8. The van der Waals surface area contributed by atoms with Gasteiger partial charge in [0.2, 0.25) is 0 Å². The predicted octanol–water partition coefficient (Wildman–Crippen LogP) is 3.75. The molecule has 0 spiro atoms. The van der Waals surface area contributed by atoms with Crippen molar-refractivity contribution in [2.75, 3.05) is 13.1 Å². The van der Waals surface area contributed by atoms with E-state index >= 15 is 0 Å². The lowest BCUT2D eigenvalue weighted by molar-refractivity contribution is 0.587. The van der Waals surface area contributed by atoms with Crippen LogP contribution >= 0.6 is 24.0 Å². The molecule has 1 heterocycles. The molecular formula is C15H20Cl2N2. The van der Waals surface area contributed by atoms with E-state index in [1.165, 1.54) is 36.0 Å². The van der Waals surface area contributed by atoms with Crippen molar-refractivity contribution in [3.8, 4) is 0 Å². The number of benzene rings is 1. The molecule has 19 heavy (non-hydrogen) atoms.